The zero-order valence-corrected chi connectivity index (χ0v) is 10.1. The molecule has 0 radical (unpaired) electrons. The Balaban J connectivity index is 2.17. The van der Waals surface area contributed by atoms with Crippen LogP contribution in [0.3, 0.4) is 0 Å². The lowest BCUT2D eigenvalue weighted by molar-refractivity contribution is -0.117. The summed E-state index contributed by atoms with van der Waals surface area (Å²) in [4.78, 5) is 26.8. The summed E-state index contributed by atoms with van der Waals surface area (Å²) >= 11 is 0. The molecule has 2 heterocycles. The molecule has 1 N–H and O–H groups in total. The van der Waals surface area contributed by atoms with Crippen LogP contribution in [0.4, 0.5) is 9.70 Å². The summed E-state index contributed by atoms with van der Waals surface area (Å²) in [5, 5.41) is 0. The number of aromatic amines is 1. The van der Waals surface area contributed by atoms with Crippen molar-refractivity contribution < 1.29 is 17.1 Å². The average Bonchev–Trinajstić information content (AvgIpc) is 2.56. The predicted molar refractivity (Wildman–Crippen MR) is 62.4 cm³/mol. The third kappa shape index (κ3) is 2.95. The lowest BCUT2D eigenvalue weighted by Crippen LogP contribution is -2.27. The smallest absolute Gasteiger partial charge is 0.302 e. The predicted octanol–water partition coefficient (Wildman–Crippen LogP) is 0.0271. The normalized spacial score (nSPS) is 20.4. The van der Waals surface area contributed by atoms with Crippen molar-refractivity contribution in [3.8, 4) is 0 Å². The molecule has 0 saturated carbocycles. The summed E-state index contributed by atoms with van der Waals surface area (Å²) < 4.78 is 33.6. The van der Waals surface area contributed by atoms with Gasteiger partial charge in [0.05, 0.1) is 5.75 Å². The van der Waals surface area contributed by atoms with Crippen molar-refractivity contribution in [3.63, 3.8) is 0 Å². The van der Waals surface area contributed by atoms with Crippen LogP contribution in [0.5, 0.6) is 0 Å². The Hall–Kier alpha value is -1.70. The second-order valence-electron chi connectivity index (χ2n) is 4.19. The van der Waals surface area contributed by atoms with Crippen LogP contribution in [-0.4, -0.2) is 31.6 Å². The minimum Gasteiger partial charge on any atom is -0.348 e. The minimum absolute atomic E-state index is 0.0416. The average molecular weight is 274 g/mol. The number of carbonyl (C=O) groups is 1. The van der Waals surface area contributed by atoms with E-state index >= 15 is 0 Å². The zero-order valence-electron chi connectivity index (χ0n) is 9.30. The Kier molecular flexibility index (Phi) is 3.20. The molecule has 0 aliphatic carbocycles. The van der Waals surface area contributed by atoms with Crippen LogP contribution < -0.4 is 10.3 Å². The van der Waals surface area contributed by atoms with E-state index in [-0.39, 0.29) is 24.3 Å². The van der Waals surface area contributed by atoms with Crippen molar-refractivity contribution in [1.82, 2.24) is 4.98 Å². The topological polar surface area (TPSA) is 87.3 Å². The fraction of sp³-hybridized carbons (Fsp3) is 0.400. The largest absolute Gasteiger partial charge is 0.348 e. The van der Waals surface area contributed by atoms with Gasteiger partial charge >= 0.3 is 10.2 Å². The zero-order chi connectivity index (χ0) is 13.3. The molecule has 1 aromatic heterocycles. The van der Waals surface area contributed by atoms with Gasteiger partial charge in [-0.15, -0.1) is 3.89 Å². The summed E-state index contributed by atoms with van der Waals surface area (Å²) in [5.41, 5.74) is -0.266. The van der Waals surface area contributed by atoms with Crippen molar-refractivity contribution >= 4 is 21.9 Å². The molecular weight excluding hydrogens is 263 g/mol. The highest BCUT2D eigenvalue weighted by atomic mass is 32.3. The van der Waals surface area contributed by atoms with Crippen molar-refractivity contribution in [3.05, 3.63) is 28.6 Å². The SMILES string of the molecule is O=C1CC(CS(=O)(=O)F)CN1c1cc(=O)cc[nH]1. The van der Waals surface area contributed by atoms with Crippen LogP contribution in [0.25, 0.3) is 0 Å². The molecule has 1 unspecified atom stereocenters. The van der Waals surface area contributed by atoms with E-state index in [9.17, 15) is 21.9 Å². The van der Waals surface area contributed by atoms with Gasteiger partial charge in [0.25, 0.3) is 0 Å². The third-order valence-electron chi connectivity index (χ3n) is 2.69. The molecule has 2 rings (SSSR count). The van der Waals surface area contributed by atoms with Gasteiger partial charge in [-0.2, -0.15) is 8.42 Å². The first-order valence-corrected chi connectivity index (χ1v) is 6.82. The van der Waals surface area contributed by atoms with Gasteiger partial charge in [0.15, 0.2) is 5.43 Å². The Bertz CT molecular complexity index is 625. The Morgan fingerprint density at radius 3 is 2.78 bits per heavy atom. The van der Waals surface area contributed by atoms with Crippen LogP contribution in [0, 0.1) is 5.92 Å². The Labute approximate surface area is 103 Å². The number of anilines is 1. The first kappa shape index (κ1) is 12.7. The number of hydrogen-bond donors (Lipinski definition) is 1. The Morgan fingerprint density at radius 2 is 2.17 bits per heavy atom. The molecule has 1 aliphatic heterocycles. The van der Waals surface area contributed by atoms with Gasteiger partial charge in [-0.05, 0) is 0 Å². The summed E-state index contributed by atoms with van der Waals surface area (Å²) in [7, 11) is -4.60. The van der Waals surface area contributed by atoms with Gasteiger partial charge in [-0.1, -0.05) is 0 Å². The maximum Gasteiger partial charge on any atom is 0.302 e. The van der Waals surface area contributed by atoms with E-state index in [1.165, 1.54) is 23.2 Å². The van der Waals surface area contributed by atoms with Gasteiger partial charge in [0, 0.05) is 37.2 Å². The number of pyridine rings is 1. The fourth-order valence-corrected chi connectivity index (χ4v) is 2.78. The molecule has 8 heteroatoms. The number of hydrogen-bond acceptors (Lipinski definition) is 4. The number of amides is 1. The number of nitrogens with zero attached hydrogens (tertiary/aromatic N) is 1. The highest BCUT2D eigenvalue weighted by Crippen LogP contribution is 2.23. The number of aromatic nitrogens is 1. The maximum absolute atomic E-state index is 12.5. The second-order valence-corrected chi connectivity index (χ2v) is 5.60. The number of halogens is 1. The molecule has 0 bridgehead atoms. The highest BCUT2D eigenvalue weighted by molar-refractivity contribution is 7.86. The lowest BCUT2D eigenvalue weighted by Gasteiger charge is -2.15. The van der Waals surface area contributed by atoms with E-state index in [2.05, 4.69) is 4.98 Å². The van der Waals surface area contributed by atoms with E-state index in [0.29, 0.717) is 5.82 Å². The molecular formula is C10H11FN2O4S. The molecule has 1 atom stereocenters. The minimum atomic E-state index is -4.60. The van der Waals surface area contributed by atoms with Crippen LogP contribution in [-0.2, 0) is 15.0 Å². The molecule has 0 aromatic carbocycles. The first-order valence-electron chi connectivity index (χ1n) is 5.26. The molecule has 1 aliphatic rings. The molecule has 1 saturated heterocycles. The number of rotatable bonds is 3. The summed E-state index contributed by atoms with van der Waals surface area (Å²) in [6.45, 7) is 0.0853. The molecule has 18 heavy (non-hydrogen) atoms. The van der Waals surface area contributed by atoms with E-state index in [4.69, 9.17) is 0 Å². The van der Waals surface area contributed by atoms with E-state index in [1.54, 1.807) is 0 Å². The second kappa shape index (κ2) is 4.52. The highest BCUT2D eigenvalue weighted by Gasteiger charge is 2.33. The monoisotopic (exact) mass is 274 g/mol. The van der Waals surface area contributed by atoms with E-state index in [1.807, 2.05) is 0 Å². The maximum atomic E-state index is 12.5. The van der Waals surface area contributed by atoms with Gasteiger partial charge in [-0.3, -0.25) is 14.5 Å². The van der Waals surface area contributed by atoms with Crippen molar-refractivity contribution in [2.75, 3.05) is 17.2 Å². The van der Waals surface area contributed by atoms with Crippen molar-refractivity contribution in [2.45, 2.75) is 6.42 Å². The van der Waals surface area contributed by atoms with Gasteiger partial charge in [-0.25, -0.2) is 0 Å². The first-order chi connectivity index (χ1) is 8.35. The molecule has 6 nitrogen and oxygen atoms in total. The molecule has 1 fully saturated rings. The van der Waals surface area contributed by atoms with Crippen molar-refractivity contribution in [2.24, 2.45) is 5.92 Å². The standard InChI is InChI=1S/C10H11FN2O4S/c11-18(16,17)6-7-3-10(15)13(5-7)9-4-8(14)1-2-12-9/h1-2,4,7H,3,5-6H2,(H,12,14). The Morgan fingerprint density at radius 1 is 1.44 bits per heavy atom. The summed E-state index contributed by atoms with van der Waals surface area (Å²) in [5.74, 6) is -1.29. The van der Waals surface area contributed by atoms with Crippen LogP contribution in [0.2, 0.25) is 0 Å². The number of carbonyl (C=O) groups excluding carboxylic acids is 1. The van der Waals surface area contributed by atoms with Gasteiger partial charge in [0.2, 0.25) is 5.91 Å². The third-order valence-corrected chi connectivity index (χ3v) is 3.56. The van der Waals surface area contributed by atoms with Gasteiger partial charge < -0.3 is 4.98 Å². The van der Waals surface area contributed by atoms with Gasteiger partial charge in [0.1, 0.15) is 5.82 Å². The summed E-state index contributed by atoms with van der Waals surface area (Å²) in [6, 6.07) is 2.54. The van der Waals surface area contributed by atoms with Crippen LogP contribution >= 0.6 is 0 Å². The summed E-state index contributed by atoms with van der Waals surface area (Å²) in [6.07, 6.45) is 1.35. The van der Waals surface area contributed by atoms with Crippen molar-refractivity contribution in [1.29, 1.82) is 0 Å². The lowest BCUT2D eigenvalue weighted by atomic mass is 10.1. The molecule has 1 amide bonds. The molecule has 1 aromatic rings. The fourth-order valence-electron chi connectivity index (χ4n) is 2.00. The van der Waals surface area contributed by atoms with E-state index in [0.717, 1.165) is 0 Å². The molecule has 98 valence electrons. The van der Waals surface area contributed by atoms with Crippen LogP contribution in [0.15, 0.2) is 23.1 Å². The van der Waals surface area contributed by atoms with Crippen LogP contribution in [0.1, 0.15) is 6.42 Å². The number of H-pyrrole nitrogens is 1. The number of nitrogens with one attached hydrogen (secondary N) is 1. The quantitative estimate of drug-likeness (QED) is 0.788. The van der Waals surface area contributed by atoms with E-state index < -0.39 is 21.9 Å². The molecule has 0 spiro atoms.